The summed E-state index contributed by atoms with van der Waals surface area (Å²) in [4.78, 5) is 14.5. The number of pyridine rings is 1. The Balaban J connectivity index is 2.56. The molecule has 0 fully saturated rings. The summed E-state index contributed by atoms with van der Waals surface area (Å²) < 4.78 is 6.45. The number of hydrogen-bond donors (Lipinski definition) is 1. The Morgan fingerprint density at radius 3 is 2.62 bits per heavy atom. The van der Waals surface area contributed by atoms with Crippen LogP contribution >= 0.6 is 15.9 Å². The summed E-state index contributed by atoms with van der Waals surface area (Å²) in [6.45, 7) is 5.69. The van der Waals surface area contributed by atoms with Gasteiger partial charge in [-0.05, 0) is 60.5 Å². The van der Waals surface area contributed by atoms with Crippen molar-refractivity contribution in [3.8, 4) is 22.9 Å². The van der Waals surface area contributed by atoms with Gasteiger partial charge in [0.15, 0.2) is 0 Å². The highest BCUT2D eigenvalue weighted by Gasteiger charge is 2.12. The molecule has 0 aliphatic carbocycles. The Morgan fingerprint density at radius 1 is 1.33 bits per heavy atom. The molecule has 0 saturated heterocycles. The molecule has 0 unspecified atom stereocenters. The van der Waals surface area contributed by atoms with Crippen molar-refractivity contribution in [2.45, 2.75) is 26.9 Å². The monoisotopic (exact) mass is 346 g/mol. The van der Waals surface area contributed by atoms with Gasteiger partial charge in [0.2, 0.25) is 0 Å². The van der Waals surface area contributed by atoms with Crippen LogP contribution in [0.15, 0.2) is 33.5 Å². The minimum absolute atomic E-state index is 0.0728. The maximum Gasteiger partial charge on any atom is 0.266 e. The summed E-state index contributed by atoms with van der Waals surface area (Å²) in [6, 6.07) is 9.29. The van der Waals surface area contributed by atoms with Gasteiger partial charge in [0.05, 0.1) is 10.6 Å². The second-order valence-electron chi connectivity index (χ2n) is 4.99. The van der Waals surface area contributed by atoms with E-state index in [1.807, 2.05) is 38.1 Å². The van der Waals surface area contributed by atoms with Crippen molar-refractivity contribution in [3.63, 3.8) is 0 Å². The van der Waals surface area contributed by atoms with Crippen LogP contribution in [-0.2, 0) is 0 Å². The zero-order valence-electron chi connectivity index (χ0n) is 12.0. The number of benzene rings is 1. The average molecular weight is 347 g/mol. The van der Waals surface area contributed by atoms with E-state index in [1.165, 1.54) is 0 Å². The van der Waals surface area contributed by atoms with Crippen molar-refractivity contribution in [1.82, 2.24) is 4.98 Å². The third kappa shape index (κ3) is 3.34. The lowest BCUT2D eigenvalue weighted by Crippen LogP contribution is -2.12. The van der Waals surface area contributed by atoms with Crippen LogP contribution in [-0.4, -0.2) is 11.1 Å². The van der Waals surface area contributed by atoms with Gasteiger partial charge < -0.3 is 9.72 Å². The fourth-order valence-corrected chi connectivity index (χ4v) is 2.52. The van der Waals surface area contributed by atoms with Gasteiger partial charge in [0.25, 0.3) is 5.56 Å². The summed E-state index contributed by atoms with van der Waals surface area (Å²) in [5.41, 5.74) is 1.88. The standard InChI is InChI=1S/C16H15BrN2O2/c1-9(2)21-15-5-4-11(7-14(15)17)12-6-10(3)19-16(20)13(12)8-18/h4-7,9H,1-3H3,(H,19,20). The number of aromatic nitrogens is 1. The third-order valence-corrected chi connectivity index (χ3v) is 3.51. The summed E-state index contributed by atoms with van der Waals surface area (Å²) in [5, 5.41) is 9.19. The van der Waals surface area contributed by atoms with Crippen LogP contribution in [0.2, 0.25) is 0 Å². The lowest BCUT2D eigenvalue weighted by molar-refractivity contribution is 0.241. The largest absolute Gasteiger partial charge is 0.490 e. The van der Waals surface area contributed by atoms with Crippen molar-refractivity contribution < 1.29 is 4.74 Å². The first kappa shape index (κ1) is 15.3. The highest BCUT2D eigenvalue weighted by molar-refractivity contribution is 9.10. The predicted octanol–water partition coefficient (Wildman–Crippen LogP) is 3.77. The molecular formula is C16H15BrN2O2. The van der Waals surface area contributed by atoms with Gasteiger partial charge in [0.1, 0.15) is 17.4 Å². The van der Waals surface area contributed by atoms with Crippen molar-refractivity contribution >= 4 is 15.9 Å². The second kappa shape index (κ2) is 6.15. The lowest BCUT2D eigenvalue weighted by Gasteiger charge is -2.13. The van der Waals surface area contributed by atoms with E-state index in [4.69, 9.17) is 4.74 Å². The van der Waals surface area contributed by atoms with Gasteiger partial charge in [-0.2, -0.15) is 5.26 Å². The Hall–Kier alpha value is -2.06. The van der Waals surface area contributed by atoms with Gasteiger partial charge in [-0.15, -0.1) is 0 Å². The topological polar surface area (TPSA) is 65.9 Å². The number of H-pyrrole nitrogens is 1. The quantitative estimate of drug-likeness (QED) is 0.919. The molecule has 0 bridgehead atoms. The molecule has 1 heterocycles. The summed E-state index contributed by atoms with van der Waals surface area (Å²) in [6.07, 6.45) is 0.0728. The van der Waals surface area contributed by atoms with Crippen molar-refractivity contribution in [3.05, 3.63) is 50.3 Å². The molecule has 0 saturated carbocycles. The average Bonchev–Trinajstić information content (AvgIpc) is 2.40. The fourth-order valence-electron chi connectivity index (χ4n) is 2.05. The molecule has 1 aromatic carbocycles. The van der Waals surface area contributed by atoms with E-state index in [0.29, 0.717) is 11.3 Å². The Kier molecular flexibility index (Phi) is 4.49. The van der Waals surface area contributed by atoms with Gasteiger partial charge in [0, 0.05) is 11.3 Å². The van der Waals surface area contributed by atoms with E-state index < -0.39 is 0 Å². The van der Waals surface area contributed by atoms with Gasteiger partial charge in [-0.3, -0.25) is 4.79 Å². The Labute approximate surface area is 131 Å². The number of rotatable bonds is 3. The number of halogens is 1. The number of aryl methyl sites for hydroxylation is 1. The maximum absolute atomic E-state index is 11.8. The van der Waals surface area contributed by atoms with E-state index >= 15 is 0 Å². The molecule has 1 N–H and O–H groups in total. The predicted molar refractivity (Wildman–Crippen MR) is 85.4 cm³/mol. The molecule has 1 aromatic heterocycles. The summed E-state index contributed by atoms with van der Waals surface area (Å²) >= 11 is 3.46. The minimum atomic E-state index is -0.369. The van der Waals surface area contributed by atoms with Crippen molar-refractivity contribution in [1.29, 1.82) is 5.26 Å². The molecule has 0 spiro atoms. The second-order valence-corrected chi connectivity index (χ2v) is 5.85. The van der Waals surface area contributed by atoms with Crippen molar-refractivity contribution in [2.24, 2.45) is 0 Å². The smallest absolute Gasteiger partial charge is 0.266 e. The number of ether oxygens (including phenoxy) is 1. The third-order valence-electron chi connectivity index (χ3n) is 2.89. The number of hydrogen-bond acceptors (Lipinski definition) is 3. The maximum atomic E-state index is 11.8. The molecule has 2 rings (SSSR count). The Morgan fingerprint density at radius 2 is 2.05 bits per heavy atom. The summed E-state index contributed by atoms with van der Waals surface area (Å²) in [5.74, 6) is 0.730. The van der Waals surface area contributed by atoms with E-state index in [1.54, 1.807) is 13.0 Å². The van der Waals surface area contributed by atoms with Gasteiger partial charge in [-0.1, -0.05) is 6.07 Å². The Bertz CT molecular complexity index is 773. The molecule has 0 radical (unpaired) electrons. The molecule has 5 heteroatoms. The molecule has 0 aliphatic heterocycles. The molecule has 0 amide bonds. The van der Waals surface area contributed by atoms with Crippen LogP contribution < -0.4 is 10.3 Å². The molecule has 2 aromatic rings. The first-order valence-corrected chi connectivity index (χ1v) is 7.32. The van der Waals surface area contributed by atoms with Crippen LogP contribution in [0.5, 0.6) is 5.75 Å². The zero-order valence-corrected chi connectivity index (χ0v) is 13.6. The van der Waals surface area contributed by atoms with E-state index in [0.717, 1.165) is 15.8 Å². The van der Waals surface area contributed by atoms with Crippen LogP contribution in [0.4, 0.5) is 0 Å². The zero-order chi connectivity index (χ0) is 15.6. The number of nitriles is 1. The first-order chi connectivity index (χ1) is 9.92. The number of nitrogens with zero attached hydrogens (tertiary/aromatic N) is 1. The molecule has 0 aliphatic rings. The van der Waals surface area contributed by atoms with Crippen LogP contribution in [0, 0.1) is 18.3 Å². The number of nitrogens with one attached hydrogen (secondary N) is 1. The molecule has 108 valence electrons. The SMILES string of the molecule is Cc1cc(-c2ccc(OC(C)C)c(Br)c2)c(C#N)c(=O)[nH]1. The summed E-state index contributed by atoms with van der Waals surface area (Å²) in [7, 11) is 0. The lowest BCUT2D eigenvalue weighted by atomic mass is 10.0. The van der Waals surface area contributed by atoms with Gasteiger partial charge in [-0.25, -0.2) is 0 Å². The minimum Gasteiger partial charge on any atom is -0.490 e. The van der Waals surface area contributed by atoms with Gasteiger partial charge >= 0.3 is 0 Å². The van der Waals surface area contributed by atoms with E-state index in [9.17, 15) is 10.1 Å². The van der Waals surface area contributed by atoms with Crippen molar-refractivity contribution in [2.75, 3.05) is 0 Å². The van der Waals surface area contributed by atoms with Crippen LogP contribution in [0.25, 0.3) is 11.1 Å². The molecule has 0 atom stereocenters. The fraction of sp³-hybridized carbons (Fsp3) is 0.250. The van der Waals surface area contributed by atoms with E-state index in [-0.39, 0.29) is 17.2 Å². The highest BCUT2D eigenvalue weighted by atomic mass is 79.9. The number of aromatic amines is 1. The first-order valence-electron chi connectivity index (χ1n) is 6.53. The van der Waals surface area contributed by atoms with Crippen LogP contribution in [0.3, 0.4) is 0 Å². The normalized spacial score (nSPS) is 10.5. The highest BCUT2D eigenvalue weighted by Crippen LogP contribution is 2.32. The molecular weight excluding hydrogens is 332 g/mol. The van der Waals surface area contributed by atoms with E-state index in [2.05, 4.69) is 20.9 Å². The molecule has 4 nitrogen and oxygen atoms in total. The van der Waals surface area contributed by atoms with Crippen LogP contribution in [0.1, 0.15) is 25.1 Å². The molecule has 21 heavy (non-hydrogen) atoms.